The van der Waals surface area contributed by atoms with Crippen molar-refractivity contribution in [3.05, 3.63) is 0 Å². The highest BCUT2D eigenvalue weighted by Crippen LogP contribution is 2.32. The molecule has 0 radical (unpaired) electrons. The van der Waals surface area contributed by atoms with Crippen LogP contribution in [0.25, 0.3) is 0 Å². The van der Waals surface area contributed by atoms with Gasteiger partial charge in [0.25, 0.3) is 0 Å². The normalized spacial score (nSPS) is 19.8. The van der Waals surface area contributed by atoms with E-state index in [2.05, 4.69) is 0 Å². The van der Waals surface area contributed by atoms with E-state index in [1.807, 2.05) is 0 Å². The number of carbonyl (C=O) groups excluding carboxylic acids is 3. The van der Waals surface area contributed by atoms with E-state index in [1.165, 1.54) is 0 Å². The van der Waals surface area contributed by atoms with Crippen molar-refractivity contribution in [2.24, 2.45) is 11.8 Å². The van der Waals surface area contributed by atoms with Crippen LogP contribution in [0.1, 0.15) is 60.8 Å². The van der Waals surface area contributed by atoms with Crippen molar-refractivity contribution >= 4 is 17.7 Å². The van der Waals surface area contributed by atoms with Crippen molar-refractivity contribution in [2.45, 2.75) is 72.0 Å². The predicted octanol–water partition coefficient (Wildman–Crippen LogP) is 2.66. The molecule has 0 aliphatic heterocycles. The number of esters is 2. The molecule has 1 aliphatic rings. The Hall–Kier alpha value is -1.39. The lowest BCUT2D eigenvalue weighted by atomic mass is 9.90. The van der Waals surface area contributed by atoms with Crippen molar-refractivity contribution in [1.82, 2.24) is 0 Å². The van der Waals surface area contributed by atoms with Crippen LogP contribution in [-0.4, -0.2) is 28.9 Å². The molecule has 0 spiro atoms. The van der Waals surface area contributed by atoms with Crippen LogP contribution in [0, 0.1) is 11.8 Å². The molecule has 1 fully saturated rings. The number of carbonyl (C=O) groups is 3. The van der Waals surface area contributed by atoms with E-state index >= 15 is 0 Å². The molecule has 0 saturated heterocycles. The van der Waals surface area contributed by atoms with Gasteiger partial charge in [0.2, 0.25) is 0 Å². The Morgan fingerprint density at radius 2 is 1.43 bits per heavy atom. The summed E-state index contributed by atoms with van der Waals surface area (Å²) in [7, 11) is 0. The average Bonchev–Trinajstić information content (AvgIpc) is 2.58. The summed E-state index contributed by atoms with van der Waals surface area (Å²) >= 11 is 0. The van der Waals surface area contributed by atoms with E-state index in [1.54, 1.807) is 41.5 Å². The topological polar surface area (TPSA) is 69.7 Å². The zero-order valence-corrected chi connectivity index (χ0v) is 13.8. The van der Waals surface area contributed by atoms with Gasteiger partial charge in [0.1, 0.15) is 17.0 Å². The first-order valence-corrected chi connectivity index (χ1v) is 7.36. The number of Topliss-reactive ketones (excluding diaryl/α,β-unsaturated/α-hetero) is 1. The van der Waals surface area contributed by atoms with Crippen LogP contribution in [0.3, 0.4) is 0 Å². The first-order chi connectivity index (χ1) is 9.39. The molecule has 0 N–H and O–H groups in total. The van der Waals surface area contributed by atoms with Gasteiger partial charge >= 0.3 is 11.9 Å². The number of ketones is 1. The molecule has 21 heavy (non-hydrogen) atoms. The lowest BCUT2D eigenvalue weighted by Gasteiger charge is -2.28. The Bertz CT molecular complexity index is 397. The van der Waals surface area contributed by atoms with Gasteiger partial charge in [0.05, 0.1) is 0 Å². The first kappa shape index (κ1) is 17.7. The van der Waals surface area contributed by atoms with Gasteiger partial charge in [-0.2, -0.15) is 0 Å². The Labute approximate surface area is 126 Å². The molecule has 0 bridgehead atoms. The molecule has 0 aromatic rings. The van der Waals surface area contributed by atoms with Gasteiger partial charge in [-0.3, -0.25) is 14.4 Å². The first-order valence-electron chi connectivity index (χ1n) is 7.36. The van der Waals surface area contributed by atoms with Crippen LogP contribution >= 0.6 is 0 Å². The largest absolute Gasteiger partial charge is 0.459 e. The Kier molecular flexibility index (Phi) is 5.18. The van der Waals surface area contributed by atoms with Crippen LogP contribution in [0.15, 0.2) is 0 Å². The standard InChI is InChI=1S/C16H26O5/c1-15(2,3)20-13(18)12(10-7-8-11(17)9-10)14(19)21-16(4,5)6/h10,12H,7-9H2,1-6H3/t10-/m0/s1. The van der Waals surface area contributed by atoms with E-state index in [9.17, 15) is 14.4 Å². The van der Waals surface area contributed by atoms with Crippen LogP contribution in [0.4, 0.5) is 0 Å². The Morgan fingerprint density at radius 3 is 1.71 bits per heavy atom. The lowest BCUT2D eigenvalue weighted by Crippen LogP contribution is -2.40. The highest BCUT2D eigenvalue weighted by Gasteiger charge is 2.43. The predicted molar refractivity (Wildman–Crippen MR) is 77.5 cm³/mol. The van der Waals surface area contributed by atoms with Gasteiger partial charge in [-0.05, 0) is 53.9 Å². The summed E-state index contributed by atoms with van der Waals surface area (Å²) in [6, 6.07) is 0. The lowest BCUT2D eigenvalue weighted by molar-refractivity contribution is -0.177. The minimum absolute atomic E-state index is 0.0807. The SMILES string of the molecule is CC(C)(C)OC(=O)C(C(=O)OC(C)(C)C)[C@H]1CCC(=O)C1. The molecular formula is C16H26O5. The van der Waals surface area contributed by atoms with E-state index in [4.69, 9.17) is 9.47 Å². The van der Waals surface area contributed by atoms with Gasteiger partial charge in [-0.15, -0.1) is 0 Å². The highest BCUT2D eigenvalue weighted by atomic mass is 16.6. The number of rotatable bonds is 3. The number of ether oxygens (including phenoxy) is 2. The van der Waals surface area contributed by atoms with Crippen LogP contribution < -0.4 is 0 Å². The third-order valence-electron chi connectivity index (χ3n) is 3.08. The smallest absolute Gasteiger partial charge is 0.321 e. The third kappa shape index (κ3) is 5.86. The zero-order chi connectivity index (χ0) is 16.4. The fraction of sp³-hybridized carbons (Fsp3) is 0.812. The minimum atomic E-state index is -1.02. The van der Waals surface area contributed by atoms with Crippen molar-refractivity contribution in [3.8, 4) is 0 Å². The molecule has 5 nitrogen and oxygen atoms in total. The summed E-state index contributed by atoms with van der Waals surface area (Å²) in [4.78, 5) is 36.2. The van der Waals surface area contributed by atoms with Gasteiger partial charge in [0, 0.05) is 12.8 Å². The molecule has 0 amide bonds. The van der Waals surface area contributed by atoms with Gasteiger partial charge in [0.15, 0.2) is 5.92 Å². The second-order valence-electron chi connectivity index (χ2n) is 7.59. The fourth-order valence-corrected chi connectivity index (χ4v) is 2.34. The second-order valence-corrected chi connectivity index (χ2v) is 7.59. The Morgan fingerprint density at radius 1 is 1.00 bits per heavy atom. The molecule has 0 aromatic heterocycles. The summed E-state index contributed by atoms with van der Waals surface area (Å²) in [5.74, 6) is -2.46. The number of hydrogen-bond donors (Lipinski definition) is 0. The molecule has 1 atom stereocenters. The van der Waals surface area contributed by atoms with Gasteiger partial charge < -0.3 is 9.47 Å². The summed E-state index contributed by atoms with van der Waals surface area (Å²) < 4.78 is 10.7. The molecule has 5 heteroatoms. The highest BCUT2D eigenvalue weighted by molar-refractivity contribution is 5.97. The van der Waals surface area contributed by atoms with Crippen LogP contribution in [0.2, 0.25) is 0 Å². The van der Waals surface area contributed by atoms with Gasteiger partial charge in [-0.1, -0.05) is 0 Å². The summed E-state index contributed by atoms with van der Waals surface area (Å²) in [5, 5.41) is 0. The van der Waals surface area contributed by atoms with Crippen molar-refractivity contribution in [1.29, 1.82) is 0 Å². The molecule has 1 saturated carbocycles. The van der Waals surface area contributed by atoms with Gasteiger partial charge in [-0.25, -0.2) is 0 Å². The summed E-state index contributed by atoms with van der Waals surface area (Å²) in [5.41, 5.74) is -1.36. The maximum Gasteiger partial charge on any atom is 0.321 e. The number of hydrogen-bond acceptors (Lipinski definition) is 5. The molecule has 0 unspecified atom stereocenters. The van der Waals surface area contributed by atoms with Crippen molar-refractivity contribution in [3.63, 3.8) is 0 Å². The molecule has 1 rings (SSSR count). The molecule has 1 aliphatic carbocycles. The van der Waals surface area contributed by atoms with E-state index in [0.29, 0.717) is 12.8 Å². The quantitative estimate of drug-likeness (QED) is 0.592. The molecule has 0 heterocycles. The summed E-state index contributed by atoms with van der Waals surface area (Å²) in [6.45, 7) is 10.5. The van der Waals surface area contributed by atoms with E-state index in [0.717, 1.165) is 0 Å². The molecular weight excluding hydrogens is 272 g/mol. The second kappa shape index (κ2) is 6.16. The monoisotopic (exact) mass is 298 g/mol. The van der Waals surface area contributed by atoms with Crippen LogP contribution in [0.5, 0.6) is 0 Å². The molecule has 0 aromatic carbocycles. The maximum absolute atomic E-state index is 12.3. The Balaban J connectivity index is 2.92. The third-order valence-corrected chi connectivity index (χ3v) is 3.08. The van der Waals surface area contributed by atoms with Crippen LogP contribution in [-0.2, 0) is 23.9 Å². The zero-order valence-electron chi connectivity index (χ0n) is 13.8. The minimum Gasteiger partial charge on any atom is -0.459 e. The fourth-order valence-electron chi connectivity index (χ4n) is 2.34. The molecule has 120 valence electrons. The van der Waals surface area contributed by atoms with Crippen molar-refractivity contribution in [2.75, 3.05) is 0 Å². The summed E-state index contributed by atoms with van der Waals surface area (Å²) in [6.07, 6.45) is 1.18. The van der Waals surface area contributed by atoms with Crippen molar-refractivity contribution < 1.29 is 23.9 Å². The van der Waals surface area contributed by atoms with E-state index < -0.39 is 29.1 Å². The maximum atomic E-state index is 12.3. The van der Waals surface area contributed by atoms with E-state index in [-0.39, 0.29) is 18.1 Å². The average molecular weight is 298 g/mol.